The van der Waals surface area contributed by atoms with Crippen LogP contribution in [-0.4, -0.2) is 23.0 Å². The summed E-state index contributed by atoms with van der Waals surface area (Å²) in [5.74, 6) is -2.78. The molecule has 3 rings (SSSR count). The van der Waals surface area contributed by atoms with Gasteiger partial charge in [-0.15, -0.1) is 0 Å². The molecule has 1 N–H and O–H groups in total. The predicted octanol–water partition coefficient (Wildman–Crippen LogP) is 4.82. The second kappa shape index (κ2) is 8.97. The molecule has 0 spiro atoms. The van der Waals surface area contributed by atoms with E-state index < -0.39 is 47.7 Å². The Labute approximate surface area is 179 Å². The number of halogens is 5. The van der Waals surface area contributed by atoms with E-state index >= 15 is 0 Å². The summed E-state index contributed by atoms with van der Waals surface area (Å²) in [7, 11) is 0.990. The van der Waals surface area contributed by atoms with Crippen LogP contribution in [0.2, 0.25) is 0 Å². The lowest BCUT2D eigenvalue weighted by Gasteiger charge is -2.23. The first-order chi connectivity index (χ1) is 15.0. The summed E-state index contributed by atoms with van der Waals surface area (Å²) in [4.78, 5) is 19.9. The van der Waals surface area contributed by atoms with E-state index in [1.165, 1.54) is 32.4 Å². The standard InChI is InChI=1S/C20H18F5N3O4/c1-9(11-5-4-6-12(14(11)21)20(23,24)25)26-17-13(19-31-7-8-32-19)16(27-10(2)28-17)15(22)18(29)30-3/h4-9,15,19H,1-3H3,(H,26,27,28)/t9-,15?/m1/s1. The fourth-order valence-corrected chi connectivity index (χ4v) is 3.11. The molecule has 1 aliphatic heterocycles. The fourth-order valence-electron chi connectivity index (χ4n) is 3.11. The van der Waals surface area contributed by atoms with Gasteiger partial charge in [0.05, 0.1) is 18.7 Å². The zero-order valence-corrected chi connectivity index (χ0v) is 17.0. The molecule has 0 saturated heterocycles. The largest absolute Gasteiger partial charge is 0.467 e. The van der Waals surface area contributed by atoms with Gasteiger partial charge in [0.1, 0.15) is 41.2 Å². The molecule has 1 aromatic carbocycles. The molecule has 12 heteroatoms. The lowest BCUT2D eigenvalue weighted by Crippen LogP contribution is -2.21. The number of alkyl halides is 4. The quantitative estimate of drug-likeness (QED) is 0.490. The Balaban J connectivity index is 2.06. The van der Waals surface area contributed by atoms with Crippen LogP contribution >= 0.6 is 0 Å². The Hall–Kier alpha value is -3.44. The van der Waals surface area contributed by atoms with E-state index in [0.29, 0.717) is 6.07 Å². The summed E-state index contributed by atoms with van der Waals surface area (Å²) >= 11 is 0. The molecule has 172 valence electrons. The fraction of sp³-hybridized carbons (Fsp3) is 0.350. The lowest BCUT2D eigenvalue weighted by molar-refractivity contribution is -0.147. The number of aromatic nitrogens is 2. The molecule has 0 bridgehead atoms. The Morgan fingerprint density at radius 1 is 1.22 bits per heavy atom. The number of ether oxygens (including phenoxy) is 3. The van der Waals surface area contributed by atoms with Crippen LogP contribution in [0, 0.1) is 12.7 Å². The zero-order valence-electron chi connectivity index (χ0n) is 17.0. The maximum absolute atomic E-state index is 14.8. The van der Waals surface area contributed by atoms with Gasteiger partial charge >= 0.3 is 12.1 Å². The van der Waals surface area contributed by atoms with Gasteiger partial charge in [-0.25, -0.2) is 23.5 Å². The van der Waals surface area contributed by atoms with Crippen LogP contribution in [0.4, 0.5) is 27.8 Å². The van der Waals surface area contributed by atoms with Crippen LogP contribution in [0.3, 0.4) is 0 Å². The Bertz CT molecular complexity index is 1040. The maximum atomic E-state index is 14.8. The number of carbonyl (C=O) groups excluding carboxylic acids is 1. The molecule has 32 heavy (non-hydrogen) atoms. The topological polar surface area (TPSA) is 82.6 Å². The van der Waals surface area contributed by atoms with Crippen molar-refractivity contribution in [2.45, 2.75) is 38.5 Å². The molecular formula is C20H18F5N3O4. The van der Waals surface area contributed by atoms with E-state index in [2.05, 4.69) is 20.0 Å². The maximum Gasteiger partial charge on any atom is 0.419 e. The Morgan fingerprint density at radius 3 is 2.47 bits per heavy atom. The zero-order chi connectivity index (χ0) is 23.6. The van der Waals surface area contributed by atoms with Crippen molar-refractivity contribution in [3.63, 3.8) is 0 Å². The summed E-state index contributed by atoms with van der Waals surface area (Å²) in [6.45, 7) is 2.80. The SMILES string of the molecule is COC(=O)C(F)c1nc(C)nc(N[C@H](C)c2cccc(C(F)(F)F)c2F)c1C1OC=CO1. The molecule has 1 unspecified atom stereocenters. The average Bonchev–Trinajstić information content (AvgIpc) is 3.25. The van der Waals surface area contributed by atoms with E-state index in [4.69, 9.17) is 9.47 Å². The number of hydrogen-bond donors (Lipinski definition) is 1. The second-order valence-corrected chi connectivity index (χ2v) is 6.75. The third-order valence-electron chi connectivity index (χ3n) is 4.58. The summed E-state index contributed by atoms with van der Waals surface area (Å²) < 4.78 is 83.5. The number of carbonyl (C=O) groups is 1. The number of nitrogens with zero attached hydrogens (tertiary/aromatic N) is 2. The molecule has 2 atom stereocenters. The highest BCUT2D eigenvalue weighted by molar-refractivity contribution is 5.77. The van der Waals surface area contributed by atoms with Gasteiger partial charge in [-0.05, 0) is 19.9 Å². The molecule has 0 aliphatic carbocycles. The molecule has 1 aliphatic rings. The van der Waals surface area contributed by atoms with Crippen LogP contribution in [0.5, 0.6) is 0 Å². The van der Waals surface area contributed by atoms with Crippen LogP contribution in [0.1, 0.15) is 53.6 Å². The highest BCUT2D eigenvalue weighted by atomic mass is 19.4. The number of methoxy groups -OCH3 is 1. The molecule has 0 amide bonds. The van der Waals surface area contributed by atoms with E-state index in [1.54, 1.807) is 0 Å². The molecular weight excluding hydrogens is 441 g/mol. The van der Waals surface area contributed by atoms with Gasteiger partial charge in [-0.2, -0.15) is 13.2 Å². The third kappa shape index (κ3) is 4.58. The van der Waals surface area contributed by atoms with Gasteiger partial charge in [-0.3, -0.25) is 0 Å². The van der Waals surface area contributed by atoms with Crippen molar-refractivity contribution < 1.29 is 41.0 Å². The van der Waals surface area contributed by atoms with E-state index in [1.807, 2.05) is 0 Å². The van der Waals surface area contributed by atoms with E-state index in [0.717, 1.165) is 13.2 Å². The van der Waals surface area contributed by atoms with Gasteiger partial charge in [0.2, 0.25) is 6.17 Å². The van der Waals surface area contributed by atoms with Crippen molar-refractivity contribution in [2.75, 3.05) is 12.4 Å². The lowest BCUT2D eigenvalue weighted by atomic mass is 10.0. The first-order valence-corrected chi connectivity index (χ1v) is 9.23. The van der Waals surface area contributed by atoms with Gasteiger partial charge in [0, 0.05) is 5.56 Å². The predicted molar refractivity (Wildman–Crippen MR) is 100 cm³/mol. The monoisotopic (exact) mass is 459 g/mol. The molecule has 1 aromatic heterocycles. The number of esters is 1. The molecule has 0 radical (unpaired) electrons. The van der Waals surface area contributed by atoms with Gasteiger partial charge in [0.25, 0.3) is 6.29 Å². The first kappa shape index (κ1) is 23.2. The number of anilines is 1. The van der Waals surface area contributed by atoms with Gasteiger partial charge in [0.15, 0.2) is 0 Å². The number of rotatable bonds is 6. The third-order valence-corrected chi connectivity index (χ3v) is 4.58. The second-order valence-electron chi connectivity index (χ2n) is 6.75. The van der Waals surface area contributed by atoms with Crippen molar-refractivity contribution in [3.05, 3.63) is 64.7 Å². The molecule has 2 aromatic rings. The van der Waals surface area contributed by atoms with Crippen molar-refractivity contribution in [1.82, 2.24) is 9.97 Å². The average molecular weight is 459 g/mol. The van der Waals surface area contributed by atoms with Crippen LogP contribution in [-0.2, 0) is 25.2 Å². The first-order valence-electron chi connectivity index (χ1n) is 9.23. The molecule has 2 heterocycles. The molecule has 7 nitrogen and oxygen atoms in total. The van der Waals surface area contributed by atoms with Crippen molar-refractivity contribution in [2.24, 2.45) is 0 Å². The Kier molecular flexibility index (Phi) is 6.51. The van der Waals surface area contributed by atoms with E-state index in [-0.39, 0.29) is 22.8 Å². The summed E-state index contributed by atoms with van der Waals surface area (Å²) in [6, 6.07) is 1.82. The molecule has 0 saturated carbocycles. The van der Waals surface area contributed by atoms with Crippen molar-refractivity contribution >= 4 is 11.8 Å². The minimum absolute atomic E-state index is 0.0282. The summed E-state index contributed by atoms with van der Waals surface area (Å²) in [6.07, 6.45) is -6.14. The van der Waals surface area contributed by atoms with Gasteiger partial charge in [-0.1, -0.05) is 12.1 Å². The number of aryl methyl sites for hydroxylation is 1. The highest BCUT2D eigenvalue weighted by Gasteiger charge is 2.37. The smallest absolute Gasteiger partial charge is 0.419 e. The van der Waals surface area contributed by atoms with Crippen molar-refractivity contribution in [3.8, 4) is 0 Å². The van der Waals surface area contributed by atoms with E-state index in [9.17, 15) is 26.7 Å². The van der Waals surface area contributed by atoms with Gasteiger partial charge < -0.3 is 19.5 Å². The minimum atomic E-state index is -4.89. The normalized spacial score (nSPS) is 15.6. The van der Waals surface area contributed by atoms with Crippen LogP contribution < -0.4 is 5.32 Å². The number of nitrogens with one attached hydrogen (secondary N) is 1. The summed E-state index contributed by atoms with van der Waals surface area (Å²) in [5, 5.41) is 2.75. The molecule has 0 fully saturated rings. The summed E-state index contributed by atoms with van der Waals surface area (Å²) in [5.41, 5.74) is -2.28. The number of hydrogen-bond acceptors (Lipinski definition) is 7. The van der Waals surface area contributed by atoms with Crippen LogP contribution in [0.25, 0.3) is 0 Å². The minimum Gasteiger partial charge on any atom is -0.467 e. The van der Waals surface area contributed by atoms with Crippen LogP contribution in [0.15, 0.2) is 30.7 Å². The highest BCUT2D eigenvalue weighted by Crippen LogP contribution is 2.38. The Morgan fingerprint density at radius 2 is 1.88 bits per heavy atom. The number of benzene rings is 1. The van der Waals surface area contributed by atoms with Crippen molar-refractivity contribution in [1.29, 1.82) is 0 Å².